The number of carbonyl (C=O) groups is 1. The van der Waals surface area contributed by atoms with Gasteiger partial charge in [-0.3, -0.25) is 4.79 Å². The second-order valence-corrected chi connectivity index (χ2v) is 5.36. The largest absolute Gasteiger partial charge is 0.399 e. The molecule has 0 radical (unpaired) electrons. The highest BCUT2D eigenvalue weighted by Gasteiger charge is 2.05. The predicted molar refractivity (Wildman–Crippen MR) is 78.1 cm³/mol. The Labute approximate surface area is 116 Å². The van der Waals surface area contributed by atoms with Gasteiger partial charge in [-0.1, -0.05) is 11.6 Å². The lowest BCUT2D eigenvalue weighted by Crippen LogP contribution is -2.12. The van der Waals surface area contributed by atoms with Crippen LogP contribution in [0, 0.1) is 0 Å². The van der Waals surface area contributed by atoms with Gasteiger partial charge in [0, 0.05) is 17.9 Å². The topological polar surface area (TPSA) is 75.3 Å². The molecule has 1 rings (SSSR count). The van der Waals surface area contributed by atoms with Crippen LogP contribution in [0.4, 0.5) is 11.4 Å². The number of halogens is 1. The molecule has 6 heteroatoms. The second kappa shape index (κ2) is 8.24. The number of hydrogen-bond donors (Lipinski definition) is 3. The van der Waals surface area contributed by atoms with Crippen molar-refractivity contribution in [1.29, 1.82) is 0 Å². The van der Waals surface area contributed by atoms with Crippen molar-refractivity contribution in [3.63, 3.8) is 0 Å². The van der Waals surface area contributed by atoms with Gasteiger partial charge in [0.15, 0.2) is 0 Å². The van der Waals surface area contributed by atoms with E-state index < -0.39 is 0 Å². The van der Waals surface area contributed by atoms with Crippen LogP contribution in [0.15, 0.2) is 18.2 Å². The lowest BCUT2D eigenvalue weighted by Gasteiger charge is -2.07. The third-order valence-corrected chi connectivity index (χ3v) is 3.56. The van der Waals surface area contributed by atoms with Gasteiger partial charge in [0.25, 0.3) is 0 Å². The van der Waals surface area contributed by atoms with Crippen LogP contribution >= 0.6 is 23.4 Å². The zero-order valence-electron chi connectivity index (χ0n) is 9.99. The van der Waals surface area contributed by atoms with Crippen molar-refractivity contribution in [3.8, 4) is 0 Å². The standard InChI is InChI=1S/C12H17ClN2O2S/c13-10-8-9(14)3-4-11(10)15-12(17)2-1-6-18-7-5-16/h3-4,8,16H,1-2,5-7,14H2,(H,15,17). The first-order valence-electron chi connectivity index (χ1n) is 5.67. The molecule has 1 aromatic carbocycles. The fourth-order valence-electron chi connectivity index (χ4n) is 1.35. The zero-order valence-corrected chi connectivity index (χ0v) is 11.6. The Morgan fingerprint density at radius 2 is 2.22 bits per heavy atom. The van der Waals surface area contributed by atoms with Gasteiger partial charge in [0.05, 0.1) is 17.3 Å². The number of nitrogen functional groups attached to an aromatic ring is 1. The molecule has 0 fully saturated rings. The van der Waals surface area contributed by atoms with E-state index in [0.717, 1.165) is 12.2 Å². The third kappa shape index (κ3) is 5.62. The second-order valence-electron chi connectivity index (χ2n) is 3.73. The van der Waals surface area contributed by atoms with E-state index in [4.69, 9.17) is 22.4 Å². The number of carbonyl (C=O) groups excluding carboxylic acids is 1. The van der Waals surface area contributed by atoms with E-state index in [9.17, 15) is 4.79 Å². The van der Waals surface area contributed by atoms with Crippen molar-refractivity contribution in [1.82, 2.24) is 0 Å². The molecule has 0 unspecified atom stereocenters. The summed E-state index contributed by atoms with van der Waals surface area (Å²) in [6, 6.07) is 4.99. The predicted octanol–water partition coefficient (Wildman–Crippen LogP) is 2.37. The minimum Gasteiger partial charge on any atom is -0.399 e. The van der Waals surface area contributed by atoms with Crippen LogP contribution in [0.1, 0.15) is 12.8 Å². The van der Waals surface area contributed by atoms with Gasteiger partial charge in [-0.25, -0.2) is 0 Å². The quantitative estimate of drug-likeness (QED) is 0.532. The minimum atomic E-state index is -0.0636. The van der Waals surface area contributed by atoms with Crippen LogP contribution in [0.5, 0.6) is 0 Å². The number of nitrogens with one attached hydrogen (secondary N) is 1. The number of hydrogen-bond acceptors (Lipinski definition) is 4. The highest BCUT2D eigenvalue weighted by molar-refractivity contribution is 7.99. The van der Waals surface area contributed by atoms with Gasteiger partial charge in [-0.15, -0.1) is 0 Å². The van der Waals surface area contributed by atoms with E-state index in [-0.39, 0.29) is 12.5 Å². The monoisotopic (exact) mass is 288 g/mol. The van der Waals surface area contributed by atoms with Gasteiger partial charge >= 0.3 is 0 Å². The van der Waals surface area contributed by atoms with Crippen molar-refractivity contribution in [2.24, 2.45) is 0 Å². The highest BCUT2D eigenvalue weighted by atomic mass is 35.5. The Bertz CT molecular complexity index is 402. The van der Waals surface area contributed by atoms with Crippen molar-refractivity contribution in [3.05, 3.63) is 23.2 Å². The summed E-state index contributed by atoms with van der Waals surface area (Å²) < 4.78 is 0. The maximum atomic E-state index is 11.6. The Hall–Kier alpha value is -0.910. The van der Waals surface area contributed by atoms with Gasteiger partial charge in [0.2, 0.25) is 5.91 Å². The van der Waals surface area contributed by atoms with E-state index in [2.05, 4.69) is 5.32 Å². The third-order valence-electron chi connectivity index (χ3n) is 2.20. The van der Waals surface area contributed by atoms with Gasteiger partial charge in [0.1, 0.15) is 0 Å². The molecule has 0 aromatic heterocycles. The van der Waals surface area contributed by atoms with Crippen molar-refractivity contribution >= 4 is 40.6 Å². The lowest BCUT2D eigenvalue weighted by atomic mass is 10.2. The molecule has 0 aliphatic carbocycles. The first-order chi connectivity index (χ1) is 8.63. The molecule has 4 N–H and O–H groups in total. The summed E-state index contributed by atoms with van der Waals surface area (Å²) in [6.45, 7) is 0.178. The number of amides is 1. The number of nitrogens with two attached hydrogens (primary N) is 1. The molecule has 1 aromatic rings. The number of rotatable bonds is 7. The summed E-state index contributed by atoms with van der Waals surface area (Å²) in [4.78, 5) is 11.6. The Morgan fingerprint density at radius 1 is 1.44 bits per heavy atom. The van der Waals surface area contributed by atoms with E-state index >= 15 is 0 Å². The minimum absolute atomic E-state index is 0.0636. The molecule has 0 saturated carbocycles. The van der Waals surface area contributed by atoms with E-state index in [1.54, 1.807) is 30.0 Å². The lowest BCUT2D eigenvalue weighted by molar-refractivity contribution is -0.116. The first kappa shape index (κ1) is 15.1. The van der Waals surface area contributed by atoms with Crippen LogP contribution in [0.2, 0.25) is 5.02 Å². The molecule has 4 nitrogen and oxygen atoms in total. The normalized spacial score (nSPS) is 10.3. The molecule has 1 amide bonds. The van der Waals surface area contributed by atoms with Crippen LogP contribution in [-0.2, 0) is 4.79 Å². The Balaban J connectivity index is 2.31. The van der Waals surface area contributed by atoms with Crippen LogP contribution in [0.3, 0.4) is 0 Å². The van der Waals surface area contributed by atoms with Crippen LogP contribution < -0.4 is 11.1 Å². The maximum absolute atomic E-state index is 11.6. The van der Waals surface area contributed by atoms with Crippen LogP contribution in [0.25, 0.3) is 0 Å². The summed E-state index contributed by atoms with van der Waals surface area (Å²) in [7, 11) is 0. The van der Waals surface area contributed by atoms with Gasteiger partial charge in [-0.2, -0.15) is 11.8 Å². The smallest absolute Gasteiger partial charge is 0.224 e. The number of aliphatic hydroxyl groups excluding tert-OH is 1. The van der Waals surface area contributed by atoms with Crippen LogP contribution in [-0.4, -0.2) is 29.1 Å². The molecule has 0 bridgehead atoms. The summed E-state index contributed by atoms with van der Waals surface area (Å²) in [6.07, 6.45) is 1.22. The maximum Gasteiger partial charge on any atom is 0.224 e. The summed E-state index contributed by atoms with van der Waals surface area (Å²) >= 11 is 7.58. The average Bonchev–Trinajstić information content (AvgIpc) is 2.32. The van der Waals surface area contributed by atoms with Crippen molar-refractivity contribution in [2.45, 2.75) is 12.8 Å². The molecule has 0 saturated heterocycles. The summed E-state index contributed by atoms with van der Waals surface area (Å²) in [5, 5.41) is 11.8. The number of benzene rings is 1. The SMILES string of the molecule is Nc1ccc(NC(=O)CCCSCCO)c(Cl)c1. The van der Waals surface area contributed by atoms with Gasteiger partial charge < -0.3 is 16.2 Å². The number of aliphatic hydroxyl groups is 1. The Morgan fingerprint density at radius 3 is 2.89 bits per heavy atom. The first-order valence-corrected chi connectivity index (χ1v) is 7.20. The molecule has 0 heterocycles. The highest BCUT2D eigenvalue weighted by Crippen LogP contribution is 2.24. The molecule has 0 spiro atoms. The van der Waals surface area contributed by atoms with E-state index in [1.165, 1.54) is 0 Å². The molecular formula is C12H17ClN2O2S. The molecule has 0 aliphatic rings. The number of thioether (sulfide) groups is 1. The molecule has 0 aliphatic heterocycles. The average molecular weight is 289 g/mol. The fraction of sp³-hybridized carbons (Fsp3) is 0.417. The van der Waals surface area contributed by atoms with Crippen molar-refractivity contribution in [2.75, 3.05) is 29.2 Å². The zero-order chi connectivity index (χ0) is 13.4. The molecule has 100 valence electrons. The molecule has 18 heavy (non-hydrogen) atoms. The molecular weight excluding hydrogens is 272 g/mol. The van der Waals surface area contributed by atoms with Gasteiger partial charge in [-0.05, 0) is 30.4 Å². The van der Waals surface area contributed by atoms with E-state index in [0.29, 0.717) is 28.6 Å². The summed E-state index contributed by atoms with van der Waals surface area (Å²) in [5.41, 5.74) is 6.71. The van der Waals surface area contributed by atoms with E-state index in [1.807, 2.05) is 0 Å². The fourth-order valence-corrected chi connectivity index (χ4v) is 2.26. The van der Waals surface area contributed by atoms with Crippen molar-refractivity contribution < 1.29 is 9.90 Å². The Kier molecular flexibility index (Phi) is 6.93. The molecule has 0 atom stereocenters. The number of anilines is 2. The summed E-state index contributed by atoms with van der Waals surface area (Å²) in [5.74, 6) is 1.51.